The van der Waals surface area contributed by atoms with E-state index in [4.69, 9.17) is 5.11 Å². The molecule has 1 aromatic rings. The zero-order chi connectivity index (χ0) is 12.3. The van der Waals surface area contributed by atoms with Crippen molar-refractivity contribution in [2.45, 2.75) is 24.1 Å². The van der Waals surface area contributed by atoms with E-state index in [-0.39, 0.29) is 17.5 Å². The number of aliphatic hydroxyl groups is 1. The largest absolute Gasteiger partial charge is 0.395 e. The summed E-state index contributed by atoms with van der Waals surface area (Å²) < 4.78 is 0.618. The van der Waals surface area contributed by atoms with Crippen LogP contribution in [0.5, 0.6) is 0 Å². The lowest BCUT2D eigenvalue weighted by molar-refractivity contribution is -0.385. The Bertz CT molecular complexity index is 414. The molecular formula is C9H11BrN2O3S. The second-order valence-corrected chi connectivity index (χ2v) is 5.48. The van der Waals surface area contributed by atoms with Gasteiger partial charge in [0.1, 0.15) is 11.2 Å². The van der Waals surface area contributed by atoms with Crippen LogP contribution in [0, 0.1) is 17.0 Å². The minimum Gasteiger partial charge on any atom is -0.395 e. The summed E-state index contributed by atoms with van der Waals surface area (Å²) in [6.45, 7) is 3.56. The van der Waals surface area contributed by atoms with Crippen molar-refractivity contribution in [1.82, 2.24) is 4.98 Å². The molecule has 16 heavy (non-hydrogen) atoms. The molecule has 0 amide bonds. The summed E-state index contributed by atoms with van der Waals surface area (Å²) in [5, 5.41) is 20.2. The molecule has 1 atom stereocenters. The van der Waals surface area contributed by atoms with Crippen molar-refractivity contribution < 1.29 is 10.0 Å². The second-order valence-electron chi connectivity index (χ2n) is 3.26. The van der Waals surface area contributed by atoms with Gasteiger partial charge >= 0.3 is 0 Å². The molecule has 1 heterocycles. The van der Waals surface area contributed by atoms with Crippen LogP contribution >= 0.6 is 27.7 Å². The van der Waals surface area contributed by atoms with Gasteiger partial charge in [0, 0.05) is 10.8 Å². The van der Waals surface area contributed by atoms with Crippen LogP contribution in [-0.2, 0) is 0 Å². The Morgan fingerprint density at radius 3 is 2.88 bits per heavy atom. The van der Waals surface area contributed by atoms with Gasteiger partial charge in [-0.15, -0.1) is 0 Å². The van der Waals surface area contributed by atoms with Gasteiger partial charge in [-0.1, -0.05) is 18.7 Å². The van der Waals surface area contributed by atoms with Gasteiger partial charge in [0.15, 0.2) is 0 Å². The first-order chi connectivity index (χ1) is 7.47. The summed E-state index contributed by atoms with van der Waals surface area (Å²) in [5.74, 6) is 0. The normalized spacial score (nSPS) is 12.5. The first-order valence-electron chi connectivity index (χ1n) is 4.54. The second kappa shape index (κ2) is 5.60. The lowest BCUT2D eigenvalue weighted by Crippen LogP contribution is -2.03. The fraction of sp³-hybridized carbons (Fsp3) is 0.444. The zero-order valence-corrected chi connectivity index (χ0v) is 11.2. The van der Waals surface area contributed by atoms with E-state index in [2.05, 4.69) is 20.9 Å². The number of rotatable bonds is 4. The predicted molar refractivity (Wildman–Crippen MR) is 65.7 cm³/mol. The molecule has 0 bridgehead atoms. The van der Waals surface area contributed by atoms with Crippen LogP contribution in [0.1, 0.15) is 12.5 Å². The molecular weight excluding hydrogens is 296 g/mol. The van der Waals surface area contributed by atoms with E-state index < -0.39 is 4.92 Å². The molecule has 5 nitrogen and oxygen atoms in total. The molecule has 1 aromatic heterocycles. The fourth-order valence-electron chi connectivity index (χ4n) is 1.04. The van der Waals surface area contributed by atoms with Crippen molar-refractivity contribution in [3.8, 4) is 0 Å². The summed E-state index contributed by atoms with van der Waals surface area (Å²) >= 11 is 4.66. The monoisotopic (exact) mass is 306 g/mol. The third-order valence-corrected chi connectivity index (χ3v) is 4.29. The molecule has 0 radical (unpaired) electrons. The van der Waals surface area contributed by atoms with Crippen LogP contribution in [0.4, 0.5) is 5.69 Å². The first-order valence-corrected chi connectivity index (χ1v) is 6.21. The standard InChI is InChI=1S/C9H11BrN2O3S/c1-5(4-13)16-9-8(10)6(2)7(3-11-9)12(14)15/h3,5,13H,4H2,1-2H3. The maximum absolute atomic E-state index is 10.7. The number of aromatic nitrogens is 1. The molecule has 0 aliphatic heterocycles. The number of nitrogens with zero attached hydrogens (tertiary/aromatic N) is 2. The molecule has 7 heteroatoms. The highest BCUT2D eigenvalue weighted by Gasteiger charge is 2.18. The minimum absolute atomic E-state index is 0.00431. The molecule has 88 valence electrons. The Morgan fingerprint density at radius 1 is 1.75 bits per heavy atom. The number of hydrogen-bond acceptors (Lipinski definition) is 5. The highest BCUT2D eigenvalue weighted by atomic mass is 79.9. The molecule has 1 unspecified atom stereocenters. The van der Waals surface area contributed by atoms with Crippen molar-refractivity contribution in [3.63, 3.8) is 0 Å². The Hall–Kier alpha value is -0.660. The van der Waals surface area contributed by atoms with E-state index in [9.17, 15) is 10.1 Å². The molecule has 0 saturated carbocycles. The average molecular weight is 307 g/mol. The van der Waals surface area contributed by atoms with Crippen molar-refractivity contribution in [2.75, 3.05) is 6.61 Å². The van der Waals surface area contributed by atoms with Crippen LogP contribution in [0.25, 0.3) is 0 Å². The predicted octanol–water partition coefficient (Wildman–Crippen LogP) is 2.53. The fourth-order valence-corrected chi connectivity index (χ4v) is 2.45. The van der Waals surface area contributed by atoms with E-state index in [1.54, 1.807) is 6.92 Å². The van der Waals surface area contributed by atoms with Gasteiger partial charge in [-0.2, -0.15) is 0 Å². The third-order valence-electron chi connectivity index (χ3n) is 1.97. The van der Waals surface area contributed by atoms with Crippen molar-refractivity contribution in [1.29, 1.82) is 0 Å². The lowest BCUT2D eigenvalue weighted by atomic mass is 10.3. The lowest BCUT2D eigenvalue weighted by Gasteiger charge is -2.09. The summed E-state index contributed by atoms with van der Waals surface area (Å²) in [4.78, 5) is 14.2. The number of nitro groups is 1. The number of aliphatic hydroxyl groups excluding tert-OH is 1. The van der Waals surface area contributed by atoms with Gasteiger partial charge in [-0.05, 0) is 22.9 Å². The van der Waals surface area contributed by atoms with Crippen molar-refractivity contribution in [3.05, 3.63) is 26.3 Å². The number of halogens is 1. The van der Waals surface area contributed by atoms with Gasteiger partial charge < -0.3 is 5.11 Å². The highest BCUT2D eigenvalue weighted by molar-refractivity contribution is 9.10. The van der Waals surface area contributed by atoms with E-state index in [1.807, 2.05) is 6.92 Å². The highest BCUT2D eigenvalue weighted by Crippen LogP contribution is 2.34. The van der Waals surface area contributed by atoms with Gasteiger partial charge in [0.2, 0.25) is 0 Å². The topological polar surface area (TPSA) is 76.3 Å². The molecule has 0 aliphatic carbocycles. The van der Waals surface area contributed by atoms with Crippen LogP contribution in [0.3, 0.4) is 0 Å². The maximum Gasteiger partial charge on any atom is 0.291 e. The van der Waals surface area contributed by atoms with Crippen molar-refractivity contribution >= 4 is 33.4 Å². The molecule has 0 aliphatic rings. The Kier molecular flexibility index (Phi) is 4.69. The summed E-state index contributed by atoms with van der Waals surface area (Å²) in [7, 11) is 0. The van der Waals surface area contributed by atoms with Crippen LogP contribution in [0.15, 0.2) is 15.7 Å². The number of pyridine rings is 1. The molecule has 1 rings (SSSR count). The first kappa shape index (κ1) is 13.4. The van der Waals surface area contributed by atoms with Gasteiger partial charge in [-0.25, -0.2) is 4.98 Å². The molecule has 1 N–H and O–H groups in total. The maximum atomic E-state index is 10.7. The molecule has 0 saturated heterocycles. The quantitative estimate of drug-likeness (QED) is 0.525. The Balaban J connectivity index is 3.07. The summed E-state index contributed by atoms with van der Waals surface area (Å²) in [6.07, 6.45) is 1.24. The number of thioether (sulfide) groups is 1. The van der Waals surface area contributed by atoms with E-state index in [1.165, 1.54) is 18.0 Å². The molecule has 0 spiro atoms. The summed E-state index contributed by atoms with van der Waals surface area (Å²) in [6, 6.07) is 0. The van der Waals surface area contributed by atoms with E-state index in [0.29, 0.717) is 15.1 Å². The SMILES string of the molecule is Cc1c([N+](=O)[O-])cnc(SC(C)CO)c1Br. The zero-order valence-electron chi connectivity index (χ0n) is 8.81. The molecule has 0 aromatic carbocycles. The molecule has 0 fully saturated rings. The third kappa shape index (κ3) is 2.93. The van der Waals surface area contributed by atoms with Gasteiger partial charge in [-0.3, -0.25) is 10.1 Å². The van der Waals surface area contributed by atoms with E-state index in [0.717, 1.165) is 0 Å². The average Bonchev–Trinajstić information content (AvgIpc) is 2.24. The Morgan fingerprint density at radius 2 is 2.38 bits per heavy atom. The van der Waals surface area contributed by atoms with Gasteiger partial charge in [0.25, 0.3) is 5.69 Å². The van der Waals surface area contributed by atoms with Crippen LogP contribution in [0.2, 0.25) is 0 Å². The number of hydrogen-bond donors (Lipinski definition) is 1. The Labute approximate surface area is 106 Å². The van der Waals surface area contributed by atoms with Crippen LogP contribution < -0.4 is 0 Å². The van der Waals surface area contributed by atoms with Crippen molar-refractivity contribution in [2.24, 2.45) is 0 Å². The van der Waals surface area contributed by atoms with Gasteiger partial charge in [0.05, 0.1) is 16.0 Å². The van der Waals surface area contributed by atoms with Crippen LogP contribution in [-0.4, -0.2) is 26.9 Å². The summed E-state index contributed by atoms with van der Waals surface area (Å²) in [5.41, 5.74) is 0.542. The smallest absolute Gasteiger partial charge is 0.291 e. The van der Waals surface area contributed by atoms with E-state index >= 15 is 0 Å². The minimum atomic E-state index is -0.461.